The third-order valence-electron chi connectivity index (χ3n) is 2.78. The second-order valence-corrected chi connectivity index (χ2v) is 4.63. The smallest absolute Gasteiger partial charge is 0.273 e. The van der Waals surface area contributed by atoms with E-state index in [0.717, 1.165) is 5.69 Å². The largest absolute Gasteiger partial charge is 0.366 e. The monoisotopic (exact) mass is 272 g/mol. The van der Waals surface area contributed by atoms with E-state index < -0.39 is 5.91 Å². The number of benzene rings is 1. The van der Waals surface area contributed by atoms with E-state index >= 15 is 0 Å². The predicted octanol–water partition coefficient (Wildman–Crippen LogP) is 1.42. The number of aromatic nitrogens is 3. The summed E-state index contributed by atoms with van der Waals surface area (Å²) in [5, 5.41) is 10.1. The number of amides is 1. The van der Waals surface area contributed by atoms with Gasteiger partial charge in [0.05, 0.1) is 0 Å². The van der Waals surface area contributed by atoms with Crippen LogP contribution in [-0.4, -0.2) is 21.1 Å². The first-order valence-electron chi connectivity index (χ1n) is 6.14. The molecule has 0 aliphatic rings. The Labute approximate surface area is 116 Å². The lowest BCUT2D eigenvalue weighted by molar-refractivity contribution is 0.0995. The molecule has 0 unspecified atom stereocenters. The van der Waals surface area contributed by atoms with E-state index in [9.17, 15) is 4.79 Å². The Balaban J connectivity index is 2.29. The van der Waals surface area contributed by atoms with Gasteiger partial charge in [0.2, 0.25) is 5.95 Å². The molecule has 1 aromatic heterocycles. The summed E-state index contributed by atoms with van der Waals surface area (Å²) >= 11 is 0. The predicted molar refractivity (Wildman–Crippen MR) is 76.6 cm³/mol. The first-order valence-corrected chi connectivity index (χ1v) is 6.14. The van der Waals surface area contributed by atoms with Gasteiger partial charge >= 0.3 is 0 Å². The molecule has 0 spiro atoms. The van der Waals surface area contributed by atoms with Gasteiger partial charge in [0.15, 0.2) is 11.5 Å². The molecule has 0 fully saturated rings. The van der Waals surface area contributed by atoms with E-state index in [-0.39, 0.29) is 17.5 Å². The number of hydrogen-bond donors (Lipinski definition) is 3. The van der Waals surface area contributed by atoms with Gasteiger partial charge in [-0.25, -0.2) is 0 Å². The van der Waals surface area contributed by atoms with E-state index in [1.54, 1.807) is 0 Å². The van der Waals surface area contributed by atoms with Crippen LogP contribution in [0.4, 0.5) is 17.5 Å². The summed E-state index contributed by atoms with van der Waals surface area (Å²) < 4.78 is 0. The van der Waals surface area contributed by atoms with E-state index in [1.807, 2.05) is 24.3 Å². The highest BCUT2D eigenvalue weighted by Gasteiger charge is 2.13. The average Bonchev–Trinajstić information content (AvgIpc) is 2.39. The molecule has 0 aliphatic carbocycles. The zero-order valence-electron chi connectivity index (χ0n) is 11.3. The van der Waals surface area contributed by atoms with Crippen LogP contribution in [-0.2, 0) is 0 Å². The Morgan fingerprint density at radius 3 is 2.40 bits per heavy atom. The van der Waals surface area contributed by atoms with Gasteiger partial charge in [-0.2, -0.15) is 4.98 Å². The number of anilines is 3. The third kappa shape index (κ3) is 3.00. The normalized spacial score (nSPS) is 10.6. The summed E-state index contributed by atoms with van der Waals surface area (Å²) in [6.45, 7) is 4.23. The molecule has 1 aromatic carbocycles. The number of primary amides is 1. The van der Waals surface area contributed by atoms with Crippen molar-refractivity contribution in [2.24, 2.45) is 5.73 Å². The van der Waals surface area contributed by atoms with Crippen LogP contribution >= 0.6 is 0 Å². The van der Waals surface area contributed by atoms with Gasteiger partial charge < -0.3 is 16.8 Å². The molecule has 2 aromatic rings. The zero-order valence-corrected chi connectivity index (χ0v) is 11.3. The van der Waals surface area contributed by atoms with Crippen molar-refractivity contribution in [1.29, 1.82) is 0 Å². The minimum atomic E-state index is -0.716. The molecular formula is C13H16N6O. The van der Waals surface area contributed by atoms with Crippen LogP contribution in [0, 0.1) is 0 Å². The van der Waals surface area contributed by atoms with Gasteiger partial charge in [-0.15, -0.1) is 10.2 Å². The maximum Gasteiger partial charge on any atom is 0.273 e. The highest BCUT2D eigenvalue weighted by Crippen LogP contribution is 2.21. The SMILES string of the molecule is CC(C)c1ccc(Nc2nc(N)nnc2C(N)=O)cc1. The van der Waals surface area contributed by atoms with Crippen LogP contribution in [0.25, 0.3) is 0 Å². The van der Waals surface area contributed by atoms with Crippen LogP contribution in [0.1, 0.15) is 35.8 Å². The minimum Gasteiger partial charge on any atom is -0.366 e. The van der Waals surface area contributed by atoms with Crippen LogP contribution in [0.5, 0.6) is 0 Å². The standard InChI is InChI=1S/C13H16N6O/c1-7(2)8-3-5-9(6-4-8)16-12-10(11(14)20)18-19-13(15)17-12/h3-7H,1-2H3,(H2,14,20)(H3,15,16,17,19). The van der Waals surface area contributed by atoms with Crippen molar-refractivity contribution in [3.63, 3.8) is 0 Å². The average molecular weight is 272 g/mol. The highest BCUT2D eigenvalue weighted by atomic mass is 16.1. The molecule has 7 nitrogen and oxygen atoms in total. The van der Waals surface area contributed by atoms with Crippen molar-refractivity contribution in [2.75, 3.05) is 11.1 Å². The van der Waals surface area contributed by atoms with E-state index in [2.05, 4.69) is 34.3 Å². The van der Waals surface area contributed by atoms with Crippen LogP contribution in [0.2, 0.25) is 0 Å². The van der Waals surface area contributed by atoms with Crippen molar-refractivity contribution in [1.82, 2.24) is 15.2 Å². The Bertz CT molecular complexity index is 623. The van der Waals surface area contributed by atoms with Crippen molar-refractivity contribution >= 4 is 23.4 Å². The Morgan fingerprint density at radius 1 is 1.20 bits per heavy atom. The van der Waals surface area contributed by atoms with Crippen LogP contribution in [0.15, 0.2) is 24.3 Å². The molecular weight excluding hydrogens is 256 g/mol. The first kappa shape index (κ1) is 13.7. The molecule has 0 bridgehead atoms. The second-order valence-electron chi connectivity index (χ2n) is 4.63. The number of nitrogens with one attached hydrogen (secondary N) is 1. The van der Waals surface area contributed by atoms with Gasteiger partial charge in [-0.1, -0.05) is 26.0 Å². The number of carbonyl (C=O) groups is 1. The molecule has 0 radical (unpaired) electrons. The van der Waals surface area contributed by atoms with E-state index in [0.29, 0.717) is 5.92 Å². The number of rotatable bonds is 4. The van der Waals surface area contributed by atoms with E-state index in [1.165, 1.54) is 5.56 Å². The summed E-state index contributed by atoms with van der Waals surface area (Å²) in [6.07, 6.45) is 0. The number of carbonyl (C=O) groups excluding carboxylic acids is 1. The fraction of sp³-hybridized carbons (Fsp3) is 0.231. The van der Waals surface area contributed by atoms with Crippen molar-refractivity contribution in [3.05, 3.63) is 35.5 Å². The van der Waals surface area contributed by atoms with Gasteiger partial charge in [0.1, 0.15) is 0 Å². The molecule has 7 heteroatoms. The summed E-state index contributed by atoms with van der Waals surface area (Å²) in [5.74, 6) is -0.105. The quantitative estimate of drug-likeness (QED) is 0.774. The second kappa shape index (κ2) is 5.52. The molecule has 0 saturated carbocycles. The molecule has 0 aliphatic heterocycles. The Morgan fingerprint density at radius 2 is 1.85 bits per heavy atom. The zero-order chi connectivity index (χ0) is 14.7. The lowest BCUT2D eigenvalue weighted by Crippen LogP contribution is -2.18. The molecule has 20 heavy (non-hydrogen) atoms. The molecule has 104 valence electrons. The van der Waals surface area contributed by atoms with Gasteiger partial charge in [0, 0.05) is 5.69 Å². The number of nitrogens with two attached hydrogens (primary N) is 2. The van der Waals surface area contributed by atoms with Gasteiger partial charge in [-0.05, 0) is 23.6 Å². The minimum absolute atomic E-state index is 0.0312. The lowest BCUT2D eigenvalue weighted by atomic mass is 10.0. The fourth-order valence-corrected chi connectivity index (χ4v) is 1.68. The van der Waals surface area contributed by atoms with Crippen molar-refractivity contribution in [2.45, 2.75) is 19.8 Å². The summed E-state index contributed by atoms with van der Waals surface area (Å²) in [6, 6.07) is 7.76. The number of nitrogens with zero attached hydrogens (tertiary/aromatic N) is 3. The molecule has 2 rings (SSSR count). The summed E-state index contributed by atoms with van der Waals surface area (Å²) in [5.41, 5.74) is 12.6. The molecule has 5 N–H and O–H groups in total. The first-order chi connectivity index (χ1) is 9.47. The Hall–Kier alpha value is -2.70. The topological polar surface area (TPSA) is 120 Å². The van der Waals surface area contributed by atoms with Crippen molar-refractivity contribution in [3.8, 4) is 0 Å². The highest BCUT2D eigenvalue weighted by molar-refractivity contribution is 5.96. The summed E-state index contributed by atoms with van der Waals surface area (Å²) in [7, 11) is 0. The van der Waals surface area contributed by atoms with Crippen LogP contribution < -0.4 is 16.8 Å². The van der Waals surface area contributed by atoms with Gasteiger partial charge in [-0.3, -0.25) is 4.79 Å². The van der Waals surface area contributed by atoms with E-state index in [4.69, 9.17) is 11.5 Å². The van der Waals surface area contributed by atoms with Crippen molar-refractivity contribution < 1.29 is 4.79 Å². The third-order valence-corrected chi connectivity index (χ3v) is 2.78. The fourth-order valence-electron chi connectivity index (χ4n) is 1.68. The lowest BCUT2D eigenvalue weighted by Gasteiger charge is -2.10. The Kier molecular flexibility index (Phi) is 3.79. The molecule has 0 atom stereocenters. The summed E-state index contributed by atoms with van der Waals surface area (Å²) in [4.78, 5) is 15.2. The van der Waals surface area contributed by atoms with Gasteiger partial charge in [0.25, 0.3) is 5.91 Å². The van der Waals surface area contributed by atoms with Crippen LogP contribution in [0.3, 0.4) is 0 Å². The number of hydrogen-bond acceptors (Lipinski definition) is 6. The maximum absolute atomic E-state index is 11.3. The molecule has 0 saturated heterocycles. The molecule has 1 amide bonds. The molecule has 1 heterocycles. The number of nitrogen functional groups attached to an aromatic ring is 1. The maximum atomic E-state index is 11.3.